The van der Waals surface area contributed by atoms with Crippen molar-refractivity contribution in [2.24, 2.45) is 7.05 Å². The largest absolute Gasteiger partial charge is 0.319 e. The van der Waals surface area contributed by atoms with Crippen LogP contribution in [0.1, 0.15) is 5.69 Å². The summed E-state index contributed by atoms with van der Waals surface area (Å²) in [6.07, 6.45) is 1.52. The van der Waals surface area contributed by atoms with Gasteiger partial charge in [0.15, 0.2) is 0 Å². The summed E-state index contributed by atoms with van der Waals surface area (Å²) in [5.41, 5.74) is 3.51. The fourth-order valence-corrected chi connectivity index (χ4v) is 5.88. The van der Waals surface area contributed by atoms with Crippen molar-refractivity contribution in [3.05, 3.63) is 86.8 Å². The van der Waals surface area contributed by atoms with Crippen LogP contribution in [0.5, 0.6) is 0 Å². The highest BCUT2D eigenvalue weighted by Crippen LogP contribution is 2.38. The number of carbonyl (C=O) groups excluding carboxylic acids is 1. The molecule has 0 atom stereocenters. The molecule has 0 bridgehead atoms. The van der Waals surface area contributed by atoms with Gasteiger partial charge in [0, 0.05) is 22.5 Å². The minimum atomic E-state index is -0.270. The Kier molecular flexibility index (Phi) is 6.59. The summed E-state index contributed by atoms with van der Waals surface area (Å²) < 4.78 is 4.29. The zero-order valence-corrected chi connectivity index (χ0v) is 22.1. The van der Waals surface area contributed by atoms with Crippen LogP contribution >= 0.6 is 39.0 Å². The van der Waals surface area contributed by atoms with E-state index in [0.29, 0.717) is 5.69 Å². The number of halogens is 1. The van der Waals surface area contributed by atoms with Crippen LogP contribution in [-0.2, 0) is 11.8 Å². The Morgan fingerprint density at radius 2 is 1.86 bits per heavy atom. The SMILES string of the molecule is Cc1c(NC(=O)CSc2ncnc3scc(-c4ccc(Br)cc4)c23)c(=O)n(-c2ccccc2)n1C. The van der Waals surface area contributed by atoms with Gasteiger partial charge in [-0.1, -0.05) is 58.0 Å². The number of thioether (sulfide) groups is 1. The molecule has 5 rings (SSSR count). The van der Waals surface area contributed by atoms with Gasteiger partial charge in [0.2, 0.25) is 5.91 Å². The maximum absolute atomic E-state index is 13.1. The van der Waals surface area contributed by atoms with Crippen LogP contribution in [0.3, 0.4) is 0 Å². The van der Waals surface area contributed by atoms with Crippen LogP contribution in [0.4, 0.5) is 5.69 Å². The molecular formula is C25H20BrN5O2S2. The quantitative estimate of drug-likeness (QED) is 0.212. The standard InChI is InChI=1S/C25H20BrN5O2S2/c1-15-22(25(33)31(30(15)2)18-6-4-3-5-7-18)29-20(32)13-35-24-21-19(12-34-23(21)27-14-28-24)16-8-10-17(26)11-9-16/h3-12,14H,13H2,1-2H3,(H,29,32). The first-order valence-electron chi connectivity index (χ1n) is 10.7. The van der Waals surface area contributed by atoms with Crippen LogP contribution in [0, 0.1) is 6.92 Å². The molecule has 176 valence electrons. The number of rotatable bonds is 6. The van der Waals surface area contributed by atoms with E-state index >= 15 is 0 Å². The Balaban J connectivity index is 1.38. The molecular weight excluding hydrogens is 546 g/mol. The maximum atomic E-state index is 13.1. The van der Waals surface area contributed by atoms with Gasteiger partial charge in [0.1, 0.15) is 21.9 Å². The first kappa shape index (κ1) is 23.5. The van der Waals surface area contributed by atoms with Crippen LogP contribution in [-0.4, -0.2) is 31.0 Å². The number of amides is 1. The first-order valence-corrected chi connectivity index (χ1v) is 13.3. The third-order valence-corrected chi connectivity index (χ3v) is 8.05. The van der Waals surface area contributed by atoms with Crippen molar-refractivity contribution >= 4 is 60.8 Å². The summed E-state index contributed by atoms with van der Waals surface area (Å²) in [7, 11) is 1.80. The van der Waals surface area contributed by atoms with Crippen LogP contribution in [0.15, 0.2) is 80.6 Å². The van der Waals surface area contributed by atoms with Crippen molar-refractivity contribution in [2.45, 2.75) is 11.9 Å². The number of aromatic nitrogens is 4. The average Bonchev–Trinajstić information content (AvgIpc) is 3.39. The van der Waals surface area contributed by atoms with Crippen LogP contribution in [0.25, 0.3) is 27.0 Å². The second kappa shape index (κ2) is 9.80. The Bertz CT molecular complexity index is 1590. The second-order valence-electron chi connectivity index (χ2n) is 7.79. The first-order chi connectivity index (χ1) is 16.9. The zero-order chi connectivity index (χ0) is 24.5. The number of carbonyl (C=O) groups is 1. The minimum absolute atomic E-state index is 0.112. The number of anilines is 1. The molecule has 5 aromatic rings. The molecule has 0 aliphatic heterocycles. The lowest BCUT2D eigenvalue weighted by molar-refractivity contribution is -0.113. The van der Waals surface area contributed by atoms with Gasteiger partial charge in [0.05, 0.1) is 22.5 Å². The molecule has 0 fully saturated rings. The van der Waals surface area contributed by atoms with Crippen molar-refractivity contribution in [1.82, 2.24) is 19.3 Å². The molecule has 1 N–H and O–H groups in total. The van der Waals surface area contributed by atoms with Gasteiger partial charge in [0.25, 0.3) is 5.56 Å². The second-order valence-corrected chi connectivity index (χ2v) is 10.5. The number of hydrogen-bond donors (Lipinski definition) is 1. The van der Waals surface area contributed by atoms with E-state index in [1.165, 1.54) is 18.1 Å². The van der Waals surface area contributed by atoms with Gasteiger partial charge in [-0.05, 0) is 36.8 Å². The Morgan fingerprint density at radius 3 is 2.60 bits per heavy atom. The van der Waals surface area contributed by atoms with Gasteiger partial charge in [-0.2, -0.15) is 0 Å². The fraction of sp³-hybridized carbons (Fsp3) is 0.120. The van der Waals surface area contributed by atoms with Gasteiger partial charge >= 0.3 is 0 Å². The predicted octanol–water partition coefficient (Wildman–Crippen LogP) is 5.65. The number of benzene rings is 2. The molecule has 7 nitrogen and oxygen atoms in total. The van der Waals surface area contributed by atoms with E-state index in [-0.39, 0.29) is 22.9 Å². The molecule has 35 heavy (non-hydrogen) atoms. The number of fused-ring (bicyclic) bond motifs is 1. The topological polar surface area (TPSA) is 81.8 Å². The van der Waals surface area contributed by atoms with Gasteiger partial charge < -0.3 is 5.32 Å². The van der Waals surface area contributed by atoms with Crippen molar-refractivity contribution in [2.75, 3.05) is 11.1 Å². The van der Waals surface area contributed by atoms with E-state index in [1.807, 2.05) is 61.5 Å². The molecule has 0 spiro atoms. The van der Waals surface area contributed by atoms with E-state index in [4.69, 9.17) is 0 Å². The molecule has 0 saturated heterocycles. The van der Waals surface area contributed by atoms with Crippen molar-refractivity contribution in [1.29, 1.82) is 0 Å². The molecule has 1 amide bonds. The van der Waals surface area contributed by atoms with E-state index in [2.05, 4.69) is 36.6 Å². The highest BCUT2D eigenvalue weighted by molar-refractivity contribution is 9.10. The molecule has 0 saturated carbocycles. The lowest BCUT2D eigenvalue weighted by atomic mass is 10.1. The molecule has 3 heterocycles. The summed E-state index contributed by atoms with van der Waals surface area (Å²) in [5, 5.41) is 6.54. The normalized spacial score (nSPS) is 11.2. The van der Waals surface area contributed by atoms with Crippen molar-refractivity contribution < 1.29 is 4.79 Å². The monoisotopic (exact) mass is 565 g/mol. The number of nitrogens with one attached hydrogen (secondary N) is 1. The van der Waals surface area contributed by atoms with Crippen LogP contribution in [0.2, 0.25) is 0 Å². The highest BCUT2D eigenvalue weighted by Gasteiger charge is 2.19. The van der Waals surface area contributed by atoms with E-state index in [9.17, 15) is 9.59 Å². The number of para-hydroxylation sites is 1. The number of hydrogen-bond acceptors (Lipinski definition) is 6. The van der Waals surface area contributed by atoms with Crippen LogP contribution < -0.4 is 10.9 Å². The van der Waals surface area contributed by atoms with Gasteiger partial charge in [-0.25, -0.2) is 14.6 Å². The van der Waals surface area contributed by atoms with Crippen molar-refractivity contribution in [3.63, 3.8) is 0 Å². The molecule has 0 radical (unpaired) electrons. The average molecular weight is 567 g/mol. The smallest absolute Gasteiger partial charge is 0.295 e. The van der Waals surface area contributed by atoms with Gasteiger partial charge in [-0.15, -0.1) is 11.3 Å². The predicted molar refractivity (Wildman–Crippen MR) is 146 cm³/mol. The minimum Gasteiger partial charge on any atom is -0.319 e. The molecule has 3 aromatic heterocycles. The Hall–Kier alpha value is -3.21. The maximum Gasteiger partial charge on any atom is 0.295 e. The Labute approximate surface area is 218 Å². The van der Waals surface area contributed by atoms with Crippen molar-refractivity contribution in [3.8, 4) is 16.8 Å². The Morgan fingerprint density at radius 1 is 1.11 bits per heavy atom. The molecule has 0 unspecified atom stereocenters. The molecule has 0 aliphatic carbocycles. The van der Waals surface area contributed by atoms with Gasteiger partial charge in [-0.3, -0.25) is 14.3 Å². The summed E-state index contributed by atoms with van der Waals surface area (Å²) in [4.78, 5) is 35.7. The summed E-state index contributed by atoms with van der Waals surface area (Å²) in [6, 6.07) is 17.4. The molecule has 10 heteroatoms. The van der Waals surface area contributed by atoms with E-state index in [0.717, 1.165) is 36.5 Å². The lowest BCUT2D eigenvalue weighted by Crippen LogP contribution is -2.23. The number of nitrogens with zero attached hydrogens (tertiary/aromatic N) is 4. The zero-order valence-electron chi connectivity index (χ0n) is 18.9. The lowest BCUT2D eigenvalue weighted by Gasteiger charge is -2.07. The summed E-state index contributed by atoms with van der Waals surface area (Å²) in [5.74, 6) is -0.158. The third kappa shape index (κ3) is 4.56. The fourth-order valence-electron chi connectivity index (χ4n) is 3.82. The summed E-state index contributed by atoms with van der Waals surface area (Å²) >= 11 is 6.35. The molecule has 2 aromatic carbocycles. The molecule has 0 aliphatic rings. The van der Waals surface area contributed by atoms with E-state index in [1.54, 1.807) is 27.7 Å². The summed E-state index contributed by atoms with van der Waals surface area (Å²) in [6.45, 7) is 1.81. The van der Waals surface area contributed by atoms with E-state index < -0.39 is 0 Å². The highest BCUT2D eigenvalue weighted by atomic mass is 79.9. The number of thiophene rings is 1. The third-order valence-electron chi connectivity index (χ3n) is 5.65.